The highest BCUT2D eigenvalue weighted by molar-refractivity contribution is 5.61. The van der Waals surface area contributed by atoms with Gasteiger partial charge >= 0.3 is 5.69 Å². The van der Waals surface area contributed by atoms with Gasteiger partial charge in [0, 0.05) is 6.54 Å². The third kappa shape index (κ3) is 4.03. The van der Waals surface area contributed by atoms with Crippen LogP contribution in [0.4, 0.5) is 11.5 Å². The van der Waals surface area contributed by atoms with Crippen LogP contribution in [-0.2, 0) is 0 Å². The van der Waals surface area contributed by atoms with Gasteiger partial charge in [-0.2, -0.15) is 4.98 Å². The maximum absolute atomic E-state index is 11.3. The van der Waals surface area contributed by atoms with Gasteiger partial charge in [0.05, 0.1) is 4.92 Å². The number of nitro groups is 1. The Morgan fingerprint density at radius 2 is 2.10 bits per heavy atom. The second-order valence-electron chi connectivity index (χ2n) is 5.56. The van der Waals surface area contributed by atoms with Crippen LogP contribution in [0.1, 0.15) is 46.0 Å². The molecule has 0 unspecified atom stereocenters. The van der Waals surface area contributed by atoms with Crippen molar-refractivity contribution in [2.75, 3.05) is 11.9 Å². The topological polar surface area (TPSA) is 90.2 Å². The summed E-state index contributed by atoms with van der Waals surface area (Å²) >= 11 is 0. The van der Waals surface area contributed by atoms with Crippen molar-refractivity contribution in [3.63, 3.8) is 0 Å². The molecule has 0 aliphatic heterocycles. The van der Waals surface area contributed by atoms with Crippen LogP contribution in [0.15, 0.2) is 6.33 Å². The predicted octanol–water partition coefficient (Wildman–Crippen LogP) is 3.16. The summed E-state index contributed by atoms with van der Waals surface area (Å²) in [4.78, 5) is 18.8. The summed E-state index contributed by atoms with van der Waals surface area (Å²) in [6.07, 6.45) is 6.19. The van der Waals surface area contributed by atoms with Crippen molar-refractivity contribution in [1.29, 1.82) is 0 Å². The van der Waals surface area contributed by atoms with Gasteiger partial charge in [0.25, 0.3) is 5.88 Å². The number of anilines is 1. The SMILES string of the molecule is CCCNc1ncnc(OC2CCC(C)CC2)c1[N+](=O)[O-]. The molecule has 1 aliphatic carbocycles. The molecule has 7 heteroatoms. The molecule has 1 heterocycles. The summed E-state index contributed by atoms with van der Waals surface area (Å²) in [6, 6.07) is 0. The van der Waals surface area contributed by atoms with Crippen LogP contribution in [0.2, 0.25) is 0 Å². The maximum Gasteiger partial charge on any atom is 0.372 e. The minimum atomic E-state index is -0.473. The molecule has 0 radical (unpaired) electrons. The molecule has 2 rings (SSSR count). The lowest BCUT2D eigenvalue weighted by atomic mass is 9.89. The van der Waals surface area contributed by atoms with Crippen LogP contribution in [0.3, 0.4) is 0 Å². The zero-order chi connectivity index (χ0) is 15.2. The van der Waals surface area contributed by atoms with Crippen molar-refractivity contribution >= 4 is 11.5 Å². The molecule has 0 aromatic carbocycles. The minimum absolute atomic E-state index is 0.00817. The van der Waals surface area contributed by atoms with Gasteiger partial charge in [-0.1, -0.05) is 13.8 Å². The first kappa shape index (κ1) is 15.5. The lowest BCUT2D eigenvalue weighted by Crippen LogP contribution is -2.24. The van der Waals surface area contributed by atoms with Crippen molar-refractivity contribution in [2.24, 2.45) is 5.92 Å². The molecule has 1 aromatic rings. The fraction of sp³-hybridized carbons (Fsp3) is 0.714. The lowest BCUT2D eigenvalue weighted by Gasteiger charge is -2.26. The Morgan fingerprint density at radius 3 is 2.71 bits per heavy atom. The van der Waals surface area contributed by atoms with E-state index < -0.39 is 4.92 Å². The first-order valence-electron chi connectivity index (χ1n) is 7.51. The third-order valence-corrected chi connectivity index (χ3v) is 3.75. The van der Waals surface area contributed by atoms with Crippen LogP contribution < -0.4 is 10.1 Å². The number of nitrogens with one attached hydrogen (secondary N) is 1. The molecule has 1 aromatic heterocycles. The third-order valence-electron chi connectivity index (χ3n) is 3.75. The lowest BCUT2D eigenvalue weighted by molar-refractivity contribution is -0.385. The molecule has 0 spiro atoms. The molecule has 0 saturated heterocycles. The maximum atomic E-state index is 11.3. The quantitative estimate of drug-likeness (QED) is 0.640. The van der Waals surface area contributed by atoms with Gasteiger partial charge in [-0.25, -0.2) is 4.98 Å². The van der Waals surface area contributed by atoms with Gasteiger partial charge in [0.15, 0.2) is 0 Å². The molecule has 0 bridgehead atoms. The summed E-state index contributed by atoms with van der Waals surface area (Å²) < 4.78 is 5.78. The van der Waals surface area contributed by atoms with Crippen molar-refractivity contribution in [1.82, 2.24) is 9.97 Å². The molecular weight excluding hydrogens is 272 g/mol. The smallest absolute Gasteiger partial charge is 0.372 e. The van der Waals surface area contributed by atoms with E-state index in [1.54, 1.807) is 0 Å². The van der Waals surface area contributed by atoms with E-state index in [0.29, 0.717) is 12.5 Å². The molecule has 1 aliphatic rings. The number of hydrogen-bond donors (Lipinski definition) is 1. The van der Waals surface area contributed by atoms with E-state index in [-0.39, 0.29) is 23.5 Å². The molecule has 1 fully saturated rings. The van der Waals surface area contributed by atoms with Gasteiger partial charge < -0.3 is 10.1 Å². The highest BCUT2D eigenvalue weighted by atomic mass is 16.6. The van der Waals surface area contributed by atoms with E-state index in [0.717, 1.165) is 32.1 Å². The number of hydrogen-bond acceptors (Lipinski definition) is 6. The van der Waals surface area contributed by atoms with E-state index in [2.05, 4.69) is 22.2 Å². The first-order chi connectivity index (χ1) is 10.1. The highest BCUT2D eigenvalue weighted by Crippen LogP contribution is 2.34. The summed E-state index contributed by atoms with van der Waals surface area (Å²) in [5.74, 6) is 1.01. The van der Waals surface area contributed by atoms with Gasteiger partial charge in [-0.15, -0.1) is 0 Å². The molecule has 7 nitrogen and oxygen atoms in total. The average molecular weight is 294 g/mol. The van der Waals surface area contributed by atoms with Gasteiger partial charge in [-0.3, -0.25) is 10.1 Å². The van der Waals surface area contributed by atoms with Crippen molar-refractivity contribution in [2.45, 2.75) is 52.1 Å². The molecule has 0 atom stereocenters. The van der Waals surface area contributed by atoms with Crippen LogP contribution in [0.25, 0.3) is 0 Å². The second kappa shape index (κ2) is 7.19. The van der Waals surface area contributed by atoms with E-state index >= 15 is 0 Å². The Balaban J connectivity index is 2.16. The molecule has 116 valence electrons. The summed E-state index contributed by atoms with van der Waals surface area (Å²) in [7, 11) is 0. The van der Waals surface area contributed by atoms with Crippen LogP contribution in [0.5, 0.6) is 5.88 Å². The van der Waals surface area contributed by atoms with Gasteiger partial charge in [0.1, 0.15) is 12.4 Å². The largest absolute Gasteiger partial charge is 0.469 e. The molecule has 1 N–H and O–H groups in total. The number of nitrogens with zero attached hydrogens (tertiary/aromatic N) is 3. The second-order valence-corrected chi connectivity index (χ2v) is 5.56. The number of rotatable bonds is 6. The molecular formula is C14H22N4O3. The Morgan fingerprint density at radius 1 is 1.38 bits per heavy atom. The molecule has 1 saturated carbocycles. The monoisotopic (exact) mass is 294 g/mol. The Hall–Kier alpha value is -1.92. The van der Waals surface area contributed by atoms with Crippen LogP contribution in [-0.4, -0.2) is 27.5 Å². The highest BCUT2D eigenvalue weighted by Gasteiger charge is 2.28. The minimum Gasteiger partial charge on any atom is -0.469 e. The first-order valence-corrected chi connectivity index (χ1v) is 7.51. The molecule has 0 amide bonds. The van der Waals surface area contributed by atoms with E-state index in [4.69, 9.17) is 4.74 Å². The summed E-state index contributed by atoms with van der Waals surface area (Å²) in [6.45, 7) is 4.83. The fourth-order valence-corrected chi connectivity index (χ4v) is 2.49. The Labute approximate surface area is 124 Å². The zero-order valence-corrected chi connectivity index (χ0v) is 12.5. The summed E-state index contributed by atoms with van der Waals surface area (Å²) in [5.41, 5.74) is -0.162. The summed E-state index contributed by atoms with van der Waals surface area (Å²) in [5, 5.41) is 14.3. The van der Waals surface area contributed by atoms with Crippen LogP contribution in [0, 0.1) is 16.0 Å². The van der Waals surface area contributed by atoms with E-state index in [1.807, 2.05) is 6.92 Å². The molecule has 21 heavy (non-hydrogen) atoms. The van der Waals surface area contributed by atoms with Crippen molar-refractivity contribution < 1.29 is 9.66 Å². The number of aromatic nitrogens is 2. The van der Waals surface area contributed by atoms with Crippen molar-refractivity contribution in [3.8, 4) is 5.88 Å². The standard InChI is InChI=1S/C14H22N4O3/c1-3-8-15-13-12(18(19)20)14(17-9-16-13)21-11-6-4-10(2)5-7-11/h9-11H,3-8H2,1-2H3,(H,15,16,17). The van der Waals surface area contributed by atoms with E-state index in [1.165, 1.54) is 6.33 Å². The predicted molar refractivity (Wildman–Crippen MR) is 79.5 cm³/mol. The average Bonchev–Trinajstić information content (AvgIpc) is 2.47. The normalized spacial score (nSPS) is 21.8. The van der Waals surface area contributed by atoms with Crippen molar-refractivity contribution in [3.05, 3.63) is 16.4 Å². The van der Waals surface area contributed by atoms with Gasteiger partial charge in [-0.05, 0) is 38.0 Å². The zero-order valence-electron chi connectivity index (χ0n) is 12.5. The fourth-order valence-electron chi connectivity index (χ4n) is 2.49. The Bertz CT molecular complexity index is 487. The Kier molecular flexibility index (Phi) is 5.30. The van der Waals surface area contributed by atoms with Gasteiger partial charge in [0.2, 0.25) is 5.82 Å². The number of ether oxygens (including phenoxy) is 1. The van der Waals surface area contributed by atoms with Crippen LogP contribution >= 0.6 is 0 Å². The van der Waals surface area contributed by atoms with E-state index in [9.17, 15) is 10.1 Å².